The first-order valence-corrected chi connectivity index (χ1v) is 6.05. The molecule has 110 valence electrons. The molecule has 0 radical (unpaired) electrons. The molecule has 0 aliphatic carbocycles. The largest absolute Gasteiger partial charge is 0.416 e. The second-order valence-corrected chi connectivity index (χ2v) is 4.60. The molecule has 0 unspecified atom stereocenters. The first kappa shape index (κ1) is 18.5. The Morgan fingerprint density at radius 3 is 2.32 bits per heavy atom. The Hall–Kier alpha value is -0.490. The van der Waals surface area contributed by atoms with E-state index >= 15 is 0 Å². The number of nitrogens with two attached hydrogens (primary N) is 2. The van der Waals surface area contributed by atoms with E-state index in [1.807, 2.05) is 0 Å². The predicted molar refractivity (Wildman–Crippen MR) is 73.5 cm³/mol. The van der Waals surface area contributed by atoms with Crippen molar-refractivity contribution in [2.75, 3.05) is 6.54 Å². The highest BCUT2D eigenvalue weighted by atomic mass is 35.5. The maximum Gasteiger partial charge on any atom is 0.416 e. The SMILES string of the molecule is Cl.NCCCC[C@H](N)c1cc(Cl)cc(C(F)(F)F)c1. The van der Waals surface area contributed by atoms with Gasteiger partial charge in [-0.2, -0.15) is 13.2 Å². The van der Waals surface area contributed by atoms with Crippen LogP contribution in [0.15, 0.2) is 18.2 Å². The summed E-state index contributed by atoms with van der Waals surface area (Å²) >= 11 is 5.69. The van der Waals surface area contributed by atoms with Gasteiger partial charge >= 0.3 is 6.18 Å². The van der Waals surface area contributed by atoms with Crippen LogP contribution in [0.2, 0.25) is 5.02 Å². The molecule has 1 aromatic rings. The average molecular weight is 317 g/mol. The van der Waals surface area contributed by atoms with E-state index < -0.39 is 17.8 Å². The van der Waals surface area contributed by atoms with Crippen molar-refractivity contribution in [2.24, 2.45) is 11.5 Å². The fourth-order valence-corrected chi connectivity index (χ4v) is 1.91. The molecule has 0 saturated heterocycles. The van der Waals surface area contributed by atoms with Crippen molar-refractivity contribution in [3.63, 3.8) is 0 Å². The second kappa shape index (κ2) is 7.94. The van der Waals surface area contributed by atoms with Gasteiger partial charge in [-0.25, -0.2) is 0 Å². The van der Waals surface area contributed by atoms with Crippen LogP contribution < -0.4 is 11.5 Å². The Bertz CT molecular complexity index is 397. The smallest absolute Gasteiger partial charge is 0.330 e. The van der Waals surface area contributed by atoms with Gasteiger partial charge in [-0.1, -0.05) is 18.0 Å². The maximum atomic E-state index is 12.6. The van der Waals surface area contributed by atoms with Crippen LogP contribution >= 0.6 is 24.0 Å². The van der Waals surface area contributed by atoms with Gasteiger partial charge in [0.1, 0.15) is 0 Å². The van der Waals surface area contributed by atoms with Crippen molar-refractivity contribution in [3.8, 4) is 0 Å². The zero-order valence-corrected chi connectivity index (χ0v) is 11.8. The molecule has 0 aliphatic rings. The summed E-state index contributed by atoms with van der Waals surface area (Å²) in [4.78, 5) is 0. The van der Waals surface area contributed by atoms with Crippen molar-refractivity contribution in [1.82, 2.24) is 0 Å². The number of halogens is 5. The van der Waals surface area contributed by atoms with Gasteiger partial charge in [-0.3, -0.25) is 0 Å². The summed E-state index contributed by atoms with van der Waals surface area (Å²) in [5.74, 6) is 0. The summed E-state index contributed by atoms with van der Waals surface area (Å²) in [5.41, 5.74) is 10.8. The van der Waals surface area contributed by atoms with E-state index in [4.69, 9.17) is 23.1 Å². The molecule has 0 aliphatic heterocycles. The Morgan fingerprint density at radius 1 is 1.16 bits per heavy atom. The highest BCUT2D eigenvalue weighted by Gasteiger charge is 2.31. The van der Waals surface area contributed by atoms with Gasteiger partial charge in [0.2, 0.25) is 0 Å². The van der Waals surface area contributed by atoms with Crippen LogP contribution in [0, 0.1) is 0 Å². The fourth-order valence-electron chi connectivity index (χ4n) is 1.67. The summed E-state index contributed by atoms with van der Waals surface area (Å²) < 4.78 is 37.8. The van der Waals surface area contributed by atoms with Crippen LogP contribution in [0.25, 0.3) is 0 Å². The Kier molecular flexibility index (Phi) is 7.74. The van der Waals surface area contributed by atoms with E-state index in [1.54, 1.807) is 0 Å². The predicted octanol–water partition coefficient (Wildman–Crippen LogP) is 3.91. The number of hydrogen-bond acceptors (Lipinski definition) is 2. The van der Waals surface area contributed by atoms with Gasteiger partial charge < -0.3 is 11.5 Å². The molecule has 0 amide bonds. The Balaban J connectivity index is 0.00000324. The molecular formula is C12H17Cl2F3N2. The molecular weight excluding hydrogens is 300 g/mol. The van der Waals surface area contributed by atoms with Crippen molar-refractivity contribution >= 4 is 24.0 Å². The highest BCUT2D eigenvalue weighted by molar-refractivity contribution is 6.30. The van der Waals surface area contributed by atoms with Crippen molar-refractivity contribution in [2.45, 2.75) is 31.5 Å². The first-order valence-electron chi connectivity index (χ1n) is 5.68. The van der Waals surface area contributed by atoms with Crippen LogP contribution in [0.1, 0.15) is 36.4 Å². The molecule has 1 rings (SSSR count). The van der Waals surface area contributed by atoms with Gasteiger partial charge in [0, 0.05) is 11.1 Å². The van der Waals surface area contributed by atoms with Gasteiger partial charge in [0.15, 0.2) is 0 Å². The van der Waals surface area contributed by atoms with E-state index in [2.05, 4.69) is 0 Å². The van der Waals surface area contributed by atoms with E-state index in [1.165, 1.54) is 6.07 Å². The monoisotopic (exact) mass is 316 g/mol. The lowest BCUT2D eigenvalue weighted by molar-refractivity contribution is -0.137. The molecule has 1 atom stereocenters. The quantitative estimate of drug-likeness (QED) is 0.809. The topological polar surface area (TPSA) is 52.0 Å². The Labute approximate surface area is 121 Å². The summed E-state index contributed by atoms with van der Waals surface area (Å²) in [6, 6.07) is 2.98. The van der Waals surface area contributed by atoms with Crippen molar-refractivity contribution in [1.29, 1.82) is 0 Å². The molecule has 2 nitrogen and oxygen atoms in total. The lowest BCUT2D eigenvalue weighted by Crippen LogP contribution is -2.13. The van der Waals surface area contributed by atoms with Gasteiger partial charge in [-0.15, -0.1) is 12.4 Å². The number of alkyl halides is 3. The molecule has 4 N–H and O–H groups in total. The van der Waals surface area contributed by atoms with Crippen LogP contribution in [0.4, 0.5) is 13.2 Å². The summed E-state index contributed by atoms with van der Waals surface area (Å²) in [6.45, 7) is 0.552. The molecule has 0 fully saturated rings. The zero-order valence-electron chi connectivity index (χ0n) is 10.2. The van der Waals surface area contributed by atoms with Gasteiger partial charge in [0.25, 0.3) is 0 Å². The lowest BCUT2D eigenvalue weighted by atomic mass is 9.99. The van der Waals surface area contributed by atoms with E-state index in [9.17, 15) is 13.2 Å². The summed E-state index contributed by atoms with van der Waals surface area (Å²) in [6.07, 6.45) is -2.22. The standard InChI is InChI=1S/C12H16ClF3N2.ClH/c13-10-6-8(11(18)3-1-2-4-17)5-9(7-10)12(14,15)16;/h5-7,11H,1-4,17-18H2;1H/t11-;/m0./s1. The van der Waals surface area contributed by atoms with Crippen LogP contribution in [-0.2, 0) is 6.18 Å². The molecule has 0 heterocycles. The van der Waals surface area contributed by atoms with Crippen molar-refractivity contribution in [3.05, 3.63) is 34.3 Å². The third-order valence-electron chi connectivity index (χ3n) is 2.64. The molecule has 7 heteroatoms. The molecule has 1 aromatic carbocycles. The van der Waals surface area contributed by atoms with E-state index in [0.29, 0.717) is 18.5 Å². The maximum absolute atomic E-state index is 12.6. The number of rotatable bonds is 5. The Morgan fingerprint density at radius 2 is 1.79 bits per heavy atom. The number of unbranched alkanes of at least 4 members (excludes halogenated alkanes) is 1. The van der Waals surface area contributed by atoms with Gasteiger partial charge in [0.05, 0.1) is 5.56 Å². The number of benzene rings is 1. The zero-order chi connectivity index (χ0) is 13.8. The van der Waals surface area contributed by atoms with Crippen LogP contribution in [0.3, 0.4) is 0 Å². The average Bonchev–Trinajstić information content (AvgIpc) is 2.27. The van der Waals surface area contributed by atoms with Gasteiger partial charge in [-0.05, 0) is 43.1 Å². The minimum absolute atomic E-state index is 0. The normalized spacial score (nSPS) is 12.9. The summed E-state index contributed by atoms with van der Waals surface area (Å²) in [5, 5.41) is 0.0501. The van der Waals surface area contributed by atoms with E-state index in [0.717, 1.165) is 25.0 Å². The minimum Gasteiger partial charge on any atom is -0.330 e. The molecule has 0 bridgehead atoms. The van der Waals surface area contributed by atoms with E-state index in [-0.39, 0.29) is 17.4 Å². The fraction of sp³-hybridized carbons (Fsp3) is 0.500. The lowest BCUT2D eigenvalue weighted by Gasteiger charge is -2.15. The highest BCUT2D eigenvalue weighted by Crippen LogP contribution is 2.33. The second-order valence-electron chi connectivity index (χ2n) is 4.16. The van der Waals surface area contributed by atoms with Crippen LogP contribution in [-0.4, -0.2) is 6.54 Å². The molecule has 19 heavy (non-hydrogen) atoms. The molecule has 0 spiro atoms. The first-order chi connectivity index (χ1) is 8.34. The number of hydrogen-bond donors (Lipinski definition) is 2. The summed E-state index contributed by atoms with van der Waals surface area (Å²) in [7, 11) is 0. The molecule has 0 saturated carbocycles. The van der Waals surface area contributed by atoms with Crippen molar-refractivity contribution < 1.29 is 13.2 Å². The minimum atomic E-state index is -4.41. The third-order valence-corrected chi connectivity index (χ3v) is 2.86. The third kappa shape index (κ3) is 5.99. The molecule has 0 aromatic heterocycles. The van der Waals surface area contributed by atoms with Crippen LogP contribution in [0.5, 0.6) is 0 Å².